The summed E-state index contributed by atoms with van der Waals surface area (Å²) in [5.74, 6) is -0.0625. The zero-order valence-corrected chi connectivity index (χ0v) is 5.81. The van der Waals surface area contributed by atoms with Crippen molar-refractivity contribution in [2.24, 2.45) is 0 Å². The molecule has 0 aromatic carbocycles. The van der Waals surface area contributed by atoms with Crippen LogP contribution in [0.3, 0.4) is 0 Å². The van der Waals surface area contributed by atoms with E-state index in [0.29, 0.717) is 0 Å². The minimum absolute atomic E-state index is 0. The van der Waals surface area contributed by atoms with Crippen LogP contribution in [0.15, 0.2) is 11.8 Å². The van der Waals surface area contributed by atoms with Gasteiger partial charge in [-0.25, -0.2) is 0 Å². The topological polar surface area (TPSA) is 37.3 Å². The average Bonchev–Trinajstić information content (AvgIpc) is 1.27. The Morgan fingerprint density at radius 2 is 1.88 bits per heavy atom. The number of aliphatic hydroxyl groups is 1. The van der Waals surface area contributed by atoms with Gasteiger partial charge in [-0.15, -0.1) is 0 Å². The van der Waals surface area contributed by atoms with Crippen LogP contribution in [0.1, 0.15) is 13.8 Å². The maximum absolute atomic E-state index is 10.0. The molecule has 0 atom stereocenters. The van der Waals surface area contributed by atoms with Gasteiger partial charge >= 0.3 is 0 Å². The zero-order chi connectivity index (χ0) is 5.86. The number of carbonyl (C=O) groups is 1. The van der Waals surface area contributed by atoms with Crippen LogP contribution in [-0.4, -0.2) is 10.9 Å². The molecule has 0 aromatic rings. The van der Waals surface area contributed by atoms with Gasteiger partial charge in [-0.05, 0) is 13.8 Å². The number of ketones is 1. The van der Waals surface area contributed by atoms with Crippen LogP contribution >= 0.6 is 0 Å². The molecule has 8 heavy (non-hydrogen) atoms. The second kappa shape index (κ2) is 4.87. The smallest absolute Gasteiger partial charge is 0.155 e. The maximum atomic E-state index is 10.0. The number of allylic oxidation sites excluding steroid dienone is 2. The van der Waals surface area contributed by atoms with E-state index in [1.54, 1.807) is 0 Å². The van der Waals surface area contributed by atoms with Crippen molar-refractivity contribution < 1.29 is 26.7 Å². The van der Waals surface area contributed by atoms with E-state index in [9.17, 15) is 4.79 Å². The van der Waals surface area contributed by atoms with Crippen LogP contribution in [-0.2, 0) is 21.6 Å². The zero-order valence-electron chi connectivity index (χ0n) is 4.77. The van der Waals surface area contributed by atoms with Crippen molar-refractivity contribution in [3.05, 3.63) is 11.8 Å². The predicted molar refractivity (Wildman–Crippen MR) is 27.1 cm³/mol. The number of carbonyl (C=O) groups excluding carboxylic acids is 1. The molecule has 0 saturated heterocycles. The van der Waals surface area contributed by atoms with Crippen molar-refractivity contribution in [2.45, 2.75) is 13.8 Å². The minimum atomic E-state index is -0.125. The molecule has 49 valence electrons. The summed E-state index contributed by atoms with van der Waals surface area (Å²) in [7, 11) is 0. The van der Waals surface area contributed by atoms with Gasteiger partial charge < -0.3 is 5.11 Å². The summed E-state index contributed by atoms with van der Waals surface area (Å²) in [5.41, 5.74) is 0. The van der Waals surface area contributed by atoms with Crippen LogP contribution in [0.2, 0.25) is 0 Å². The fourth-order valence-corrected chi connectivity index (χ4v) is 0.294. The first-order valence-corrected chi connectivity index (χ1v) is 2.01. The third-order valence-corrected chi connectivity index (χ3v) is 0.412. The van der Waals surface area contributed by atoms with Crippen LogP contribution in [0, 0.1) is 0 Å². The van der Waals surface area contributed by atoms with E-state index in [2.05, 4.69) is 0 Å². The van der Waals surface area contributed by atoms with Crippen LogP contribution in [0.5, 0.6) is 0 Å². The Morgan fingerprint density at radius 1 is 1.50 bits per heavy atom. The molecule has 0 rings (SSSR count). The van der Waals surface area contributed by atoms with Crippen molar-refractivity contribution in [1.82, 2.24) is 0 Å². The van der Waals surface area contributed by atoms with Gasteiger partial charge in [0.15, 0.2) is 5.78 Å². The molecule has 0 aliphatic rings. The SMILES string of the molecule is CC(=O)C=C(C)O.[Co]. The molecule has 0 saturated carbocycles. The summed E-state index contributed by atoms with van der Waals surface area (Å²) in [6.45, 7) is 2.85. The molecule has 0 amide bonds. The number of hydrogen-bond donors (Lipinski definition) is 1. The van der Waals surface area contributed by atoms with Gasteiger partial charge in [0, 0.05) is 22.9 Å². The molecule has 0 aromatic heterocycles. The molecule has 0 spiro atoms. The molecule has 1 radical (unpaired) electrons. The summed E-state index contributed by atoms with van der Waals surface area (Å²) < 4.78 is 0. The maximum Gasteiger partial charge on any atom is 0.155 e. The fourth-order valence-electron chi connectivity index (χ4n) is 0.294. The first kappa shape index (κ1) is 10.7. The third kappa shape index (κ3) is 9.21. The second-order valence-electron chi connectivity index (χ2n) is 1.40. The van der Waals surface area contributed by atoms with E-state index in [1.807, 2.05) is 0 Å². The van der Waals surface area contributed by atoms with E-state index in [1.165, 1.54) is 19.9 Å². The Hall–Kier alpha value is -0.284. The molecule has 0 heterocycles. The van der Waals surface area contributed by atoms with Gasteiger partial charge in [-0.1, -0.05) is 0 Å². The molecule has 0 unspecified atom stereocenters. The standard InChI is InChI=1S/C5H8O2.Co/c1-4(6)3-5(2)7;/h3,6H,1-2H3;. The summed E-state index contributed by atoms with van der Waals surface area (Å²) >= 11 is 0. The van der Waals surface area contributed by atoms with Crippen LogP contribution in [0.4, 0.5) is 0 Å². The largest absolute Gasteiger partial charge is 0.512 e. The molecule has 0 bridgehead atoms. The van der Waals surface area contributed by atoms with Gasteiger partial charge in [0.25, 0.3) is 0 Å². The monoisotopic (exact) mass is 159 g/mol. The Labute approximate surface area is 58.8 Å². The summed E-state index contributed by atoms with van der Waals surface area (Å²) in [4.78, 5) is 10.0. The summed E-state index contributed by atoms with van der Waals surface area (Å²) in [6.07, 6.45) is 1.17. The normalized spacial score (nSPS) is 10.0. The quantitative estimate of drug-likeness (QED) is 0.458. The van der Waals surface area contributed by atoms with E-state index in [4.69, 9.17) is 5.11 Å². The Kier molecular flexibility index (Phi) is 6.48. The number of aliphatic hydroxyl groups excluding tert-OH is 1. The van der Waals surface area contributed by atoms with E-state index < -0.39 is 0 Å². The van der Waals surface area contributed by atoms with Crippen molar-refractivity contribution in [2.75, 3.05) is 0 Å². The molecule has 0 aliphatic heterocycles. The summed E-state index contributed by atoms with van der Waals surface area (Å²) in [6, 6.07) is 0. The Bertz CT molecular complexity index is 103. The van der Waals surface area contributed by atoms with E-state index >= 15 is 0 Å². The van der Waals surface area contributed by atoms with Gasteiger partial charge in [-0.2, -0.15) is 0 Å². The van der Waals surface area contributed by atoms with Gasteiger partial charge in [-0.3, -0.25) is 4.79 Å². The predicted octanol–water partition coefficient (Wildman–Crippen LogP) is 1.03. The molecule has 3 heteroatoms. The van der Waals surface area contributed by atoms with Gasteiger partial charge in [0.05, 0.1) is 5.76 Å². The molecular weight excluding hydrogens is 151 g/mol. The molecule has 0 aliphatic carbocycles. The molecule has 2 nitrogen and oxygen atoms in total. The second-order valence-corrected chi connectivity index (χ2v) is 1.40. The molecule has 1 N–H and O–H groups in total. The Morgan fingerprint density at radius 3 is 1.88 bits per heavy atom. The van der Waals surface area contributed by atoms with E-state index in [-0.39, 0.29) is 28.3 Å². The first-order valence-electron chi connectivity index (χ1n) is 2.01. The van der Waals surface area contributed by atoms with Crippen molar-refractivity contribution >= 4 is 5.78 Å². The van der Waals surface area contributed by atoms with Crippen molar-refractivity contribution in [1.29, 1.82) is 0 Å². The minimum Gasteiger partial charge on any atom is -0.512 e. The van der Waals surface area contributed by atoms with Crippen LogP contribution in [0.25, 0.3) is 0 Å². The van der Waals surface area contributed by atoms with Crippen molar-refractivity contribution in [3.63, 3.8) is 0 Å². The summed E-state index contributed by atoms with van der Waals surface area (Å²) in [5, 5.41) is 8.36. The number of rotatable bonds is 1. The van der Waals surface area contributed by atoms with Gasteiger partial charge in [0.2, 0.25) is 0 Å². The average molecular weight is 159 g/mol. The Balaban J connectivity index is 0. The third-order valence-electron chi connectivity index (χ3n) is 0.412. The molecule has 0 fully saturated rings. The molecular formula is C5H8CoO2. The van der Waals surface area contributed by atoms with E-state index in [0.717, 1.165) is 0 Å². The van der Waals surface area contributed by atoms with Crippen LogP contribution < -0.4 is 0 Å². The van der Waals surface area contributed by atoms with Crippen molar-refractivity contribution in [3.8, 4) is 0 Å². The fraction of sp³-hybridized carbons (Fsp3) is 0.400. The number of hydrogen-bond acceptors (Lipinski definition) is 2. The first-order chi connectivity index (χ1) is 3.13. The van der Waals surface area contributed by atoms with Gasteiger partial charge in [0.1, 0.15) is 0 Å².